The molecule has 4 rings (SSSR count). The van der Waals surface area contributed by atoms with E-state index in [1.54, 1.807) is 25.7 Å². The van der Waals surface area contributed by atoms with Gasteiger partial charge < -0.3 is 9.72 Å². The van der Waals surface area contributed by atoms with Crippen LogP contribution in [0.5, 0.6) is 5.88 Å². The number of halogens is 1. The molecule has 3 aromatic heterocycles. The minimum atomic E-state index is -0.0693. The summed E-state index contributed by atoms with van der Waals surface area (Å²) < 4.78 is 6.28. The molecule has 1 N–H and O–H groups in total. The molecule has 0 fully saturated rings. The summed E-state index contributed by atoms with van der Waals surface area (Å²) in [4.78, 5) is 30.7. The van der Waals surface area contributed by atoms with Gasteiger partial charge in [-0.3, -0.25) is 14.7 Å². The molecule has 27 heavy (non-hydrogen) atoms. The predicted octanol–water partition coefficient (Wildman–Crippen LogP) is 2.56. The van der Waals surface area contributed by atoms with Gasteiger partial charge in [0.15, 0.2) is 0 Å². The lowest BCUT2D eigenvalue weighted by molar-refractivity contribution is 0.236. The van der Waals surface area contributed by atoms with Crippen molar-refractivity contribution in [1.29, 1.82) is 0 Å². The third-order valence-corrected chi connectivity index (χ3v) is 5.00. The van der Waals surface area contributed by atoms with Crippen LogP contribution >= 0.6 is 15.9 Å². The van der Waals surface area contributed by atoms with Gasteiger partial charge in [-0.1, -0.05) is 0 Å². The molecule has 0 aliphatic carbocycles. The fourth-order valence-electron chi connectivity index (χ4n) is 3.27. The van der Waals surface area contributed by atoms with Crippen LogP contribution in [0.15, 0.2) is 46.1 Å². The van der Waals surface area contributed by atoms with E-state index in [1.165, 1.54) is 0 Å². The van der Waals surface area contributed by atoms with Gasteiger partial charge in [-0.25, -0.2) is 9.97 Å². The van der Waals surface area contributed by atoms with Crippen LogP contribution in [0.25, 0.3) is 11.4 Å². The lowest BCUT2D eigenvalue weighted by atomic mass is 10.1. The van der Waals surface area contributed by atoms with Crippen molar-refractivity contribution in [2.45, 2.75) is 19.5 Å². The Kier molecular flexibility index (Phi) is 5.00. The Morgan fingerprint density at radius 1 is 1.37 bits per heavy atom. The highest BCUT2D eigenvalue weighted by Crippen LogP contribution is 2.24. The first-order valence-electron chi connectivity index (χ1n) is 8.57. The van der Waals surface area contributed by atoms with Crippen LogP contribution in [0.3, 0.4) is 0 Å². The number of H-pyrrole nitrogens is 1. The number of hydrogen-bond acceptors (Lipinski definition) is 6. The Morgan fingerprint density at radius 3 is 3.04 bits per heavy atom. The van der Waals surface area contributed by atoms with Gasteiger partial charge in [0.2, 0.25) is 5.88 Å². The largest absolute Gasteiger partial charge is 0.481 e. The SMILES string of the molecule is COc1ncc(Br)cc1CN1CCc2c(nc(-c3cccnc3)[nH]c2=O)C1. The van der Waals surface area contributed by atoms with Crippen LogP contribution in [-0.4, -0.2) is 38.5 Å². The zero-order valence-corrected chi connectivity index (χ0v) is 16.4. The standard InChI is InChI=1S/C19H18BrN5O2/c1-27-19-13(7-14(20)9-22-19)10-25-6-4-15-16(11-25)23-17(24-18(15)26)12-3-2-5-21-8-12/h2-3,5,7-9H,4,6,10-11H2,1H3,(H,23,24,26). The quantitative estimate of drug-likeness (QED) is 0.688. The van der Waals surface area contributed by atoms with Gasteiger partial charge in [-0.15, -0.1) is 0 Å². The lowest BCUT2D eigenvalue weighted by Gasteiger charge is -2.28. The third kappa shape index (κ3) is 3.77. The van der Waals surface area contributed by atoms with Crippen LogP contribution in [0.2, 0.25) is 0 Å². The average molecular weight is 428 g/mol. The second kappa shape index (κ2) is 7.58. The van der Waals surface area contributed by atoms with Gasteiger partial charge >= 0.3 is 0 Å². The number of aromatic nitrogens is 4. The highest BCUT2D eigenvalue weighted by atomic mass is 79.9. The van der Waals surface area contributed by atoms with Crippen molar-refractivity contribution in [3.63, 3.8) is 0 Å². The number of fused-ring (bicyclic) bond motifs is 1. The summed E-state index contributed by atoms with van der Waals surface area (Å²) in [5.74, 6) is 1.16. The fraction of sp³-hybridized carbons (Fsp3) is 0.263. The van der Waals surface area contributed by atoms with Crippen LogP contribution < -0.4 is 10.3 Å². The highest BCUT2D eigenvalue weighted by molar-refractivity contribution is 9.10. The van der Waals surface area contributed by atoms with Gasteiger partial charge in [-0.2, -0.15) is 0 Å². The van der Waals surface area contributed by atoms with E-state index in [2.05, 4.69) is 35.8 Å². The highest BCUT2D eigenvalue weighted by Gasteiger charge is 2.22. The molecule has 0 radical (unpaired) electrons. The number of methoxy groups -OCH3 is 1. The molecule has 0 atom stereocenters. The number of rotatable bonds is 4. The summed E-state index contributed by atoms with van der Waals surface area (Å²) in [6.07, 6.45) is 5.77. The topological polar surface area (TPSA) is 84.0 Å². The Labute approximate surface area is 164 Å². The summed E-state index contributed by atoms with van der Waals surface area (Å²) in [6, 6.07) is 5.72. The van der Waals surface area contributed by atoms with Crippen LogP contribution in [0.1, 0.15) is 16.8 Å². The monoisotopic (exact) mass is 427 g/mol. The minimum absolute atomic E-state index is 0.0693. The van der Waals surface area contributed by atoms with Crippen molar-refractivity contribution in [2.24, 2.45) is 0 Å². The second-order valence-electron chi connectivity index (χ2n) is 6.36. The Hall–Kier alpha value is -2.58. The first-order chi connectivity index (χ1) is 13.1. The molecule has 3 aromatic rings. The van der Waals surface area contributed by atoms with E-state index in [9.17, 15) is 4.79 Å². The summed E-state index contributed by atoms with van der Waals surface area (Å²) in [5, 5.41) is 0. The normalized spacial score (nSPS) is 14.0. The van der Waals surface area contributed by atoms with E-state index in [4.69, 9.17) is 9.72 Å². The molecule has 0 bridgehead atoms. The number of ether oxygens (including phenoxy) is 1. The molecule has 0 unspecified atom stereocenters. The molecule has 4 heterocycles. The number of nitrogens with zero attached hydrogens (tertiary/aromatic N) is 4. The van der Waals surface area contributed by atoms with Crippen LogP contribution in [-0.2, 0) is 19.5 Å². The molecule has 0 spiro atoms. The minimum Gasteiger partial charge on any atom is -0.481 e. The Balaban J connectivity index is 1.62. The molecule has 0 saturated heterocycles. The van der Waals surface area contributed by atoms with Crippen molar-refractivity contribution in [2.75, 3.05) is 13.7 Å². The lowest BCUT2D eigenvalue weighted by Crippen LogP contribution is -2.35. The van der Waals surface area contributed by atoms with Gasteiger partial charge in [-0.05, 0) is 40.5 Å². The molecule has 8 heteroatoms. The summed E-state index contributed by atoms with van der Waals surface area (Å²) in [7, 11) is 1.62. The summed E-state index contributed by atoms with van der Waals surface area (Å²) in [6.45, 7) is 2.05. The van der Waals surface area contributed by atoms with E-state index in [-0.39, 0.29) is 5.56 Å². The first-order valence-corrected chi connectivity index (χ1v) is 9.36. The summed E-state index contributed by atoms with van der Waals surface area (Å²) >= 11 is 3.46. The van der Waals surface area contributed by atoms with Crippen molar-refractivity contribution in [3.05, 3.63) is 68.4 Å². The van der Waals surface area contributed by atoms with Gasteiger partial charge in [0, 0.05) is 59.4 Å². The maximum Gasteiger partial charge on any atom is 0.254 e. The molecule has 1 aliphatic heterocycles. The average Bonchev–Trinajstić information content (AvgIpc) is 2.68. The van der Waals surface area contributed by atoms with E-state index >= 15 is 0 Å². The van der Waals surface area contributed by atoms with Crippen LogP contribution in [0.4, 0.5) is 0 Å². The van der Waals surface area contributed by atoms with E-state index in [1.807, 2.05) is 18.2 Å². The first kappa shape index (κ1) is 17.8. The molecule has 7 nitrogen and oxygen atoms in total. The molecule has 0 saturated carbocycles. The van der Waals surface area contributed by atoms with Gasteiger partial charge in [0.05, 0.1) is 12.8 Å². The maximum atomic E-state index is 12.5. The number of pyridine rings is 2. The van der Waals surface area contributed by atoms with E-state index in [0.29, 0.717) is 31.2 Å². The third-order valence-electron chi connectivity index (χ3n) is 4.57. The molecule has 1 aliphatic rings. The van der Waals surface area contributed by atoms with Crippen LogP contribution in [0, 0.1) is 0 Å². The van der Waals surface area contributed by atoms with Gasteiger partial charge in [0.25, 0.3) is 5.56 Å². The van der Waals surface area contributed by atoms with Crippen molar-refractivity contribution in [1.82, 2.24) is 24.8 Å². The number of aromatic amines is 1. The van der Waals surface area contributed by atoms with Crippen molar-refractivity contribution < 1.29 is 4.74 Å². The van der Waals surface area contributed by atoms with Crippen molar-refractivity contribution in [3.8, 4) is 17.3 Å². The fourth-order valence-corrected chi connectivity index (χ4v) is 3.65. The van der Waals surface area contributed by atoms with Crippen molar-refractivity contribution >= 4 is 15.9 Å². The predicted molar refractivity (Wildman–Crippen MR) is 104 cm³/mol. The summed E-state index contributed by atoms with van der Waals surface area (Å²) in [5.41, 5.74) is 3.30. The molecule has 0 aromatic carbocycles. The van der Waals surface area contributed by atoms with E-state index < -0.39 is 0 Å². The number of nitrogens with one attached hydrogen (secondary N) is 1. The van der Waals surface area contributed by atoms with Gasteiger partial charge in [0.1, 0.15) is 5.82 Å². The molecular weight excluding hydrogens is 410 g/mol. The Morgan fingerprint density at radius 2 is 2.26 bits per heavy atom. The second-order valence-corrected chi connectivity index (χ2v) is 7.28. The maximum absolute atomic E-state index is 12.5. The Bertz CT molecular complexity index is 1020. The smallest absolute Gasteiger partial charge is 0.254 e. The number of hydrogen-bond donors (Lipinski definition) is 1. The van der Waals surface area contributed by atoms with E-state index in [0.717, 1.165) is 33.4 Å². The zero-order chi connectivity index (χ0) is 18.8. The molecule has 138 valence electrons. The molecular formula is C19H18BrN5O2. The zero-order valence-electron chi connectivity index (χ0n) is 14.8. The molecule has 0 amide bonds.